The number of ether oxygens (including phenoxy) is 1. The van der Waals surface area contributed by atoms with Crippen LogP contribution in [0.5, 0.6) is 0 Å². The third kappa shape index (κ3) is 3.13. The summed E-state index contributed by atoms with van der Waals surface area (Å²) in [5.41, 5.74) is 1.39. The predicted octanol–water partition coefficient (Wildman–Crippen LogP) is 3.05. The van der Waals surface area contributed by atoms with Gasteiger partial charge in [0.25, 0.3) is 0 Å². The molecule has 2 rings (SSSR count). The highest BCUT2D eigenvalue weighted by molar-refractivity contribution is 7.10. The first kappa shape index (κ1) is 12.7. The van der Waals surface area contributed by atoms with Gasteiger partial charge in [-0.25, -0.2) is 9.37 Å². The minimum absolute atomic E-state index is 0.161. The van der Waals surface area contributed by atoms with Gasteiger partial charge in [0, 0.05) is 10.9 Å². The molecule has 0 aliphatic carbocycles. The quantitative estimate of drug-likeness (QED) is 0.798. The number of aromatic nitrogens is 1. The third-order valence-corrected chi connectivity index (χ3v) is 3.12. The maximum atomic E-state index is 13.1. The number of nitrogens with zero attached hydrogens (tertiary/aromatic N) is 1. The molecule has 0 unspecified atom stereocenters. The molecule has 94 valence electrons. The third-order valence-electron chi connectivity index (χ3n) is 2.27. The number of benzene rings is 1. The highest BCUT2D eigenvalue weighted by atomic mass is 32.1. The summed E-state index contributed by atoms with van der Waals surface area (Å²) in [6.45, 7) is 2.12. The highest BCUT2D eigenvalue weighted by Gasteiger charge is 2.09. The van der Waals surface area contributed by atoms with Gasteiger partial charge in [0.2, 0.25) is 0 Å². The zero-order valence-electron chi connectivity index (χ0n) is 9.85. The van der Waals surface area contributed by atoms with E-state index in [2.05, 4.69) is 4.98 Å². The summed E-state index contributed by atoms with van der Waals surface area (Å²) in [6, 6.07) is 6.22. The van der Waals surface area contributed by atoms with Crippen molar-refractivity contribution in [2.75, 3.05) is 6.61 Å². The van der Waals surface area contributed by atoms with Crippen molar-refractivity contribution in [1.29, 1.82) is 0 Å². The minimum atomic E-state index is -0.299. The second-order valence-corrected chi connectivity index (χ2v) is 4.56. The largest absolute Gasteiger partial charge is 0.466 e. The molecule has 0 saturated carbocycles. The van der Waals surface area contributed by atoms with Crippen LogP contribution >= 0.6 is 11.3 Å². The first-order chi connectivity index (χ1) is 8.69. The van der Waals surface area contributed by atoms with Gasteiger partial charge >= 0.3 is 5.97 Å². The molecule has 0 bridgehead atoms. The van der Waals surface area contributed by atoms with E-state index in [1.165, 1.54) is 23.5 Å². The molecule has 0 aliphatic heterocycles. The molecular formula is C13H12FNO2S. The number of esters is 1. The average Bonchev–Trinajstić information content (AvgIpc) is 2.78. The van der Waals surface area contributed by atoms with E-state index in [0.717, 1.165) is 0 Å². The molecule has 1 heterocycles. The van der Waals surface area contributed by atoms with Gasteiger partial charge in [-0.15, -0.1) is 11.3 Å². The molecule has 3 nitrogen and oxygen atoms in total. The topological polar surface area (TPSA) is 39.2 Å². The van der Waals surface area contributed by atoms with Crippen LogP contribution in [-0.2, 0) is 16.0 Å². The van der Waals surface area contributed by atoms with Crippen LogP contribution in [0.25, 0.3) is 11.3 Å². The Hall–Kier alpha value is -1.75. The van der Waals surface area contributed by atoms with Crippen LogP contribution in [0.4, 0.5) is 4.39 Å². The summed E-state index contributed by atoms with van der Waals surface area (Å²) in [4.78, 5) is 15.6. The molecule has 0 radical (unpaired) electrons. The lowest BCUT2D eigenvalue weighted by Gasteiger charge is -1.98. The number of halogens is 1. The molecule has 0 atom stereocenters. The Bertz CT molecular complexity index is 553. The molecule has 0 spiro atoms. The van der Waals surface area contributed by atoms with Crippen molar-refractivity contribution in [3.63, 3.8) is 0 Å². The van der Waals surface area contributed by atoms with Gasteiger partial charge in [-0.2, -0.15) is 0 Å². The van der Waals surface area contributed by atoms with Crippen LogP contribution < -0.4 is 0 Å². The number of rotatable bonds is 4. The Kier molecular flexibility index (Phi) is 4.04. The highest BCUT2D eigenvalue weighted by Crippen LogP contribution is 2.22. The zero-order chi connectivity index (χ0) is 13.0. The standard InChI is InChI=1S/C13H12FNO2S/c1-2-17-13(16)7-12-15-11(8-18-12)9-4-3-5-10(14)6-9/h3-6,8H,2,7H2,1H3. The monoisotopic (exact) mass is 265 g/mol. The van der Waals surface area contributed by atoms with E-state index in [4.69, 9.17) is 4.74 Å². The molecule has 0 N–H and O–H groups in total. The van der Waals surface area contributed by atoms with Crippen molar-refractivity contribution in [3.05, 3.63) is 40.5 Å². The lowest BCUT2D eigenvalue weighted by atomic mass is 10.2. The number of hydrogen-bond donors (Lipinski definition) is 0. The molecule has 0 saturated heterocycles. The van der Waals surface area contributed by atoms with Gasteiger partial charge < -0.3 is 4.74 Å². The van der Waals surface area contributed by atoms with Gasteiger partial charge in [-0.05, 0) is 19.1 Å². The number of carbonyl (C=O) groups is 1. The summed E-state index contributed by atoms with van der Waals surface area (Å²) in [6.07, 6.45) is 0.161. The van der Waals surface area contributed by atoms with Crippen molar-refractivity contribution in [2.45, 2.75) is 13.3 Å². The van der Waals surface area contributed by atoms with E-state index in [1.54, 1.807) is 19.1 Å². The molecule has 2 aromatic rings. The Balaban J connectivity index is 2.13. The summed E-state index contributed by atoms with van der Waals surface area (Å²) in [5.74, 6) is -0.593. The Morgan fingerprint density at radius 3 is 3.06 bits per heavy atom. The molecule has 0 amide bonds. The lowest BCUT2D eigenvalue weighted by Crippen LogP contribution is -2.07. The summed E-state index contributed by atoms with van der Waals surface area (Å²) < 4.78 is 17.9. The van der Waals surface area contributed by atoms with Crippen LogP contribution in [0.15, 0.2) is 29.6 Å². The SMILES string of the molecule is CCOC(=O)Cc1nc(-c2cccc(F)c2)cs1. The smallest absolute Gasteiger partial charge is 0.312 e. The van der Waals surface area contributed by atoms with Gasteiger partial charge in [-0.1, -0.05) is 12.1 Å². The van der Waals surface area contributed by atoms with Crippen molar-refractivity contribution < 1.29 is 13.9 Å². The van der Waals surface area contributed by atoms with Crippen LogP contribution in [0, 0.1) is 5.82 Å². The van der Waals surface area contributed by atoms with Gasteiger partial charge in [0.15, 0.2) is 0 Å². The van der Waals surface area contributed by atoms with E-state index in [0.29, 0.717) is 22.9 Å². The summed E-state index contributed by atoms with van der Waals surface area (Å²) in [5, 5.41) is 2.48. The average molecular weight is 265 g/mol. The first-order valence-electron chi connectivity index (χ1n) is 5.55. The van der Waals surface area contributed by atoms with E-state index < -0.39 is 0 Å². The van der Waals surface area contributed by atoms with Crippen molar-refractivity contribution >= 4 is 17.3 Å². The van der Waals surface area contributed by atoms with E-state index >= 15 is 0 Å². The maximum absolute atomic E-state index is 13.1. The van der Waals surface area contributed by atoms with E-state index in [-0.39, 0.29) is 18.2 Å². The molecule has 1 aromatic heterocycles. The number of thiazole rings is 1. The second-order valence-electron chi connectivity index (χ2n) is 3.62. The summed E-state index contributed by atoms with van der Waals surface area (Å²) >= 11 is 1.37. The van der Waals surface area contributed by atoms with Gasteiger partial charge in [0.1, 0.15) is 10.8 Å². The first-order valence-corrected chi connectivity index (χ1v) is 6.43. The number of carbonyl (C=O) groups excluding carboxylic acids is 1. The molecule has 0 fully saturated rings. The van der Waals surface area contributed by atoms with E-state index in [9.17, 15) is 9.18 Å². The van der Waals surface area contributed by atoms with E-state index in [1.807, 2.05) is 5.38 Å². The minimum Gasteiger partial charge on any atom is -0.466 e. The van der Waals surface area contributed by atoms with Crippen molar-refractivity contribution in [3.8, 4) is 11.3 Å². The normalized spacial score (nSPS) is 10.3. The maximum Gasteiger partial charge on any atom is 0.312 e. The molecule has 0 aliphatic rings. The fourth-order valence-electron chi connectivity index (χ4n) is 1.51. The molecule has 1 aromatic carbocycles. The van der Waals surface area contributed by atoms with Crippen LogP contribution in [-0.4, -0.2) is 17.6 Å². The number of hydrogen-bond acceptors (Lipinski definition) is 4. The van der Waals surface area contributed by atoms with Crippen molar-refractivity contribution in [1.82, 2.24) is 4.98 Å². The van der Waals surface area contributed by atoms with Gasteiger partial charge in [-0.3, -0.25) is 4.79 Å². The Morgan fingerprint density at radius 1 is 1.50 bits per heavy atom. The summed E-state index contributed by atoms with van der Waals surface area (Å²) in [7, 11) is 0. The lowest BCUT2D eigenvalue weighted by molar-refractivity contribution is -0.142. The Morgan fingerprint density at radius 2 is 2.33 bits per heavy atom. The zero-order valence-corrected chi connectivity index (χ0v) is 10.7. The predicted molar refractivity (Wildman–Crippen MR) is 67.8 cm³/mol. The Labute approximate surface area is 108 Å². The fraction of sp³-hybridized carbons (Fsp3) is 0.231. The van der Waals surface area contributed by atoms with Gasteiger partial charge in [0.05, 0.1) is 18.7 Å². The fourth-order valence-corrected chi connectivity index (χ4v) is 2.30. The van der Waals surface area contributed by atoms with Crippen LogP contribution in [0.1, 0.15) is 11.9 Å². The molecule has 18 heavy (non-hydrogen) atoms. The molecular weight excluding hydrogens is 253 g/mol. The van der Waals surface area contributed by atoms with Crippen LogP contribution in [0.2, 0.25) is 0 Å². The van der Waals surface area contributed by atoms with Crippen molar-refractivity contribution in [2.24, 2.45) is 0 Å². The van der Waals surface area contributed by atoms with Crippen LogP contribution in [0.3, 0.4) is 0 Å². The second kappa shape index (κ2) is 5.73. The molecule has 5 heteroatoms.